The zero-order valence-electron chi connectivity index (χ0n) is 7.70. The lowest BCUT2D eigenvalue weighted by atomic mass is 10.2. The Bertz CT molecular complexity index is 442. The van der Waals surface area contributed by atoms with E-state index in [-0.39, 0.29) is 0 Å². The summed E-state index contributed by atoms with van der Waals surface area (Å²) in [4.78, 5) is 8.33. The molecule has 0 saturated carbocycles. The first kappa shape index (κ1) is 12.1. The Morgan fingerprint density at radius 3 is 2.73 bits per heavy atom. The maximum absolute atomic E-state index is 5.92. The van der Waals surface area contributed by atoms with Gasteiger partial charge in [0.25, 0.3) is 0 Å². The molecule has 0 aliphatic rings. The molecule has 1 aromatic carbocycles. The number of isothiocyanates is 1. The van der Waals surface area contributed by atoms with E-state index in [1.807, 2.05) is 0 Å². The summed E-state index contributed by atoms with van der Waals surface area (Å²) in [5, 5.41) is 6.70. The van der Waals surface area contributed by atoms with Crippen LogP contribution in [-0.4, -0.2) is 18.5 Å². The molecule has 15 heavy (non-hydrogen) atoms. The van der Waals surface area contributed by atoms with Gasteiger partial charge in [-0.05, 0) is 24.4 Å². The number of oxime groups is 1. The fourth-order valence-corrected chi connectivity index (χ4v) is 1.47. The van der Waals surface area contributed by atoms with Crippen LogP contribution in [0.2, 0.25) is 10.0 Å². The van der Waals surface area contributed by atoms with Crippen molar-refractivity contribution in [1.29, 1.82) is 0 Å². The Hall–Kier alpha value is -0.930. The smallest absolute Gasteiger partial charge is 0.106 e. The van der Waals surface area contributed by atoms with Crippen molar-refractivity contribution in [3.8, 4) is 0 Å². The van der Waals surface area contributed by atoms with E-state index >= 15 is 0 Å². The monoisotopic (exact) mass is 260 g/mol. The van der Waals surface area contributed by atoms with Crippen molar-refractivity contribution in [3.05, 3.63) is 27.7 Å². The fourth-order valence-electron chi connectivity index (χ4n) is 0.897. The molecule has 1 aromatic rings. The van der Waals surface area contributed by atoms with Gasteiger partial charge < -0.3 is 4.84 Å². The number of nitrogens with zero attached hydrogens (tertiary/aromatic N) is 2. The number of rotatable bonds is 3. The van der Waals surface area contributed by atoms with Crippen LogP contribution in [0, 0.1) is 0 Å². The van der Waals surface area contributed by atoms with Gasteiger partial charge in [0, 0.05) is 5.56 Å². The average molecular weight is 261 g/mol. The summed E-state index contributed by atoms with van der Waals surface area (Å²) >= 11 is 16.3. The lowest BCUT2D eigenvalue weighted by Crippen LogP contribution is -1.84. The number of benzene rings is 1. The Balaban J connectivity index is 3.22. The van der Waals surface area contributed by atoms with Crippen LogP contribution in [0.15, 0.2) is 22.3 Å². The van der Waals surface area contributed by atoms with Gasteiger partial charge in [0.2, 0.25) is 0 Å². The van der Waals surface area contributed by atoms with E-state index in [1.165, 1.54) is 13.3 Å². The largest absolute Gasteiger partial charge is 0.399 e. The van der Waals surface area contributed by atoms with Gasteiger partial charge in [-0.2, -0.15) is 4.99 Å². The van der Waals surface area contributed by atoms with Crippen LogP contribution in [0.3, 0.4) is 0 Å². The van der Waals surface area contributed by atoms with Crippen LogP contribution in [0.4, 0.5) is 5.69 Å². The molecule has 1 rings (SSSR count). The van der Waals surface area contributed by atoms with Gasteiger partial charge in [0.15, 0.2) is 0 Å². The topological polar surface area (TPSA) is 34.0 Å². The Morgan fingerprint density at radius 1 is 1.40 bits per heavy atom. The van der Waals surface area contributed by atoms with Crippen molar-refractivity contribution in [2.24, 2.45) is 10.1 Å². The van der Waals surface area contributed by atoms with Gasteiger partial charge in [-0.15, -0.1) is 0 Å². The molecule has 0 radical (unpaired) electrons. The lowest BCUT2D eigenvalue weighted by molar-refractivity contribution is 0.215. The second-order valence-electron chi connectivity index (χ2n) is 2.45. The van der Waals surface area contributed by atoms with Gasteiger partial charge in [-0.3, -0.25) is 0 Å². The zero-order valence-corrected chi connectivity index (χ0v) is 10.0. The minimum absolute atomic E-state index is 0.409. The summed E-state index contributed by atoms with van der Waals surface area (Å²) in [5.41, 5.74) is 1.14. The number of hydrogen-bond acceptors (Lipinski definition) is 4. The third kappa shape index (κ3) is 3.29. The molecule has 0 aromatic heterocycles. The van der Waals surface area contributed by atoms with Crippen LogP contribution in [-0.2, 0) is 4.84 Å². The SMILES string of the molecule is CO/N=C/c1cc(N=C=S)c(Cl)cc1Cl. The molecule has 0 spiro atoms. The van der Waals surface area contributed by atoms with Crippen LogP contribution in [0.25, 0.3) is 0 Å². The van der Waals surface area contributed by atoms with Crippen molar-refractivity contribution in [3.63, 3.8) is 0 Å². The molecule has 0 unspecified atom stereocenters. The normalized spacial score (nSPS) is 10.1. The standard InChI is InChI=1S/C9H6Cl2N2OS/c1-14-13-4-6-2-9(12-5-15)8(11)3-7(6)10/h2-4H,1H3/b13-4+. The second kappa shape index (κ2) is 5.83. The highest BCUT2D eigenvalue weighted by Crippen LogP contribution is 2.30. The van der Waals surface area contributed by atoms with Gasteiger partial charge in [0.05, 0.1) is 27.1 Å². The maximum Gasteiger partial charge on any atom is 0.106 e. The maximum atomic E-state index is 5.92. The van der Waals surface area contributed by atoms with E-state index in [2.05, 4.69) is 32.4 Å². The van der Waals surface area contributed by atoms with E-state index < -0.39 is 0 Å². The minimum atomic E-state index is 0.409. The molecule has 0 amide bonds. The molecule has 3 nitrogen and oxygen atoms in total. The molecule has 0 heterocycles. The molecular formula is C9H6Cl2N2OS. The molecule has 0 N–H and O–H groups in total. The first-order valence-electron chi connectivity index (χ1n) is 3.82. The van der Waals surface area contributed by atoms with E-state index in [1.54, 1.807) is 12.1 Å². The summed E-state index contributed by atoms with van der Waals surface area (Å²) < 4.78 is 0. The fraction of sp³-hybridized carbons (Fsp3) is 0.111. The molecule has 0 bridgehead atoms. The van der Waals surface area contributed by atoms with Gasteiger partial charge in [-0.25, -0.2) is 0 Å². The molecule has 0 atom stereocenters. The summed E-state index contributed by atoms with van der Waals surface area (Å²) in [7, 11) is 1.44. The second-order valence-corrected chi connectivity index (χ2v) is 3.44. The van der Waals surface area contributed by atoms with E-state index in [0.29, 0.717) is 21.3 Å². The van der Waals surface area contributed by atoms with Crippen molar-refractivity contribution in [2.45, 2.75) is 0 Å². The zero-order chi connectivity index (χ0) is 11.3. The highest BCUT2D eigenvalue weighted by molar-refractivity contribution is 7.78. The third-order valence-corrected chi connectivity index (χ3v) is 2.25. The molecule has 0 fully saturated rings. The van der Waals surface area contributed by atoms with E-state index in [0.717, 1.165) is 0 Å². The predicted octanol–water partition coefficient (Wildman–Crippen LogP) is 3.71. The highest BCUT2D eigenvalue weighted by atomic mass is 35.5. The number of hydrogen-bond donors (Lipinski definition) is 0. The molecule has 0 aliphatic carbocycles. The first-order valence-corrected chi connectivity index (χ1v) is 4.99. The first-order chi connectivity index (χ1) is 7.19. The van der Waals surface area contributed by atoms with Crippen molar-refractivity contribution in [1.82, 2.24) is 0 Å². The van der Waals surface area contributed by atoms with Gasteiger partial charge in [-0.1, -0.05) is 28.4 Å². The number of thiocarbonyl (C=S) groups is 1. The molecule has 78 valence electrons. The molecular weight excluding hydrogens is 255 g/mol. The van der Waals surface area contributed by atoms with Crippen LogP contribution < -0.4 is 0 Å². The van der Waals surface area contributed by atoms with Crippen molar-refractivity contribution in [2.75, 3.05) is 7.11 Å². The van der Waals surface area contributed by atoms with Gasteiger partial charge in [0.1, 0.15) is 7.11 Å². The molecule has 0 aliphatic heterocycles. The number of aliphatic imine (C=N–C) groups is 1. The van der Waals surface area contributed by atoms with Gasteiger partial charge >= 0.3 is 0 Å². The predicted molar refractivity (Wildman–Crippen MR) is 65.8 cm³/mol. The Kier molecular flexibility index (Phi) is 4.72. The quantitative estimate of drug-likeness (QED) is 0.472. The molecule has 6 heteroatoms. The Morgan fingerprint density at radius 2 is 2.13 bits per heavy atom. The van der Waals surface area contributed by atoms with E-state index in [9.17, 15) is 0 Å². The summed E-state index contributed by atoms with van der Waals surface area (Å²) in [5.74, 6) is 0. The summed E-state index contributed by atoms with van der Waals surface area (Å²) in [6.07, 6.45) is 1.46. The summed E-state index contributed by atoms with van der Waals surface area (Å²) in [6, 6.07) is 3.21. The lowest BCUT2D eigenvalue weighted by Gasteiger charge is -2.01. The van der Waals surface area contributed by atoms with Crippen LogP contribution in [0.1, 0.15) is 5.56 Å². The van der Waals surface area contributed by atoms with Crippen molar-refractivity contribution < 1.29 is 4.84 Å². The van der Waals surface area contributed by atoms with Crippen LogP contribution in [0.5, 0.6) is 0 Å². The summed E-state index contributed by atoms with van der Waals surface area (Å²) in [6.45, 7) is 0. The third-order valence-electron chi connectivity index (χ3n) is 1.53. The average Bonchev–Trinajstić information content (AvgIpc) is 2.20. The van der Waals surface area contributed by atoms with Crippen LogP contribution >= 0.6 is 35.4 Å². The van der Waals surface area contributed by atoms with Crippen molar-refractivity contribution >= 4 is 52.5 Å². The van der Waals surface area contributed by atoms with E-state index in [4.69, 9.17) is 23.2 Å². The Labute approximate surface area is 102 Å². The minimum Gasteiger partial charge on any atom is -0.399 e. The molecule has 0 saturated heterocycles. The number of halogens is 2. The highest BCUT2D eigenvalue weighted by Gasteiger charge is 2.05.